The molecule has 0 aliphatic heterocycles. The zero-order chi connectivity index (χ0) is 14.7. The second kappa shape index (κ2) is 6.37. The standard InChI is InChI=1S/C15H19ClFN3/c1-10-14(15(16)20(2)19-10)8-12(9-18)7-11-3-5-13(17)6-4-11/h3-6,12H,7-9,18H2,1-2H3. The number of aromatic nitrogens is 2. The second-order valence-corrected chi connectivity index (χ2v) is 5.47. The Morgan fingerprint density at radius 3 is 2.45 bits per heavy atom. The highest BCUT2D eigenvalue weighted by molar-refractivity contribution is 6.30. The van der Waals surface area contributed by atoms with E-state index in [-0.39, 0.29) is 11.7 Å². The van der Waals surface area contributed by atoms with E-state index in [4.69, 9.17) is 17.3 Å². The molecule has 108 valence electrons. The average molecular weight is 296 g/mol. The van der Waals surface area contributed by atoms with Gasteiger partial charge in [0, 0.05) is 12.6 Å². The van der Waals surface area contributed by atoms with Crippen molar-refractivity contribution in [1.82, 2.24) is 9.78 Å². The summed E-state index contributed by atoms with van der Waals surface area (Å²) in [6.07, 6.45) is 1.59. The number of rotatable bonds is 5. The fraction of sp³-hybridized carbons (Fsp3) is 0.400. The summed E-state index contributed by atoms with van der Waals surface area (Å²) in [4.78, 5) is 0. The number of hydrogen-bond donors (Lipinski definition) is 1. The molecule has 0 fully saturated rings. The Hall–Kier alpha value is -1.39. The lowest BCUT2D eigenvalue weighted by atomic mass is 9.93. The maximum atomic E-state index is 12.9. The number of nitrogens with two attached hydrogens (primary N) is 1. The van der Waals surface area contributed by atoms with E-state index in [1.54, 1.807) is 16.8 Å². The third-order valence-electron chi connectivity index (χ3n) is 3.53. The summed E-state index contributed by atoms with van der Waals surface area (Å²) in [6.45, 7) is 2.51. The molecule has 0 aliphatic carbocycles. The summed E-state index contributed by atoms with van der Waals surface area (Å²) in [5, 5.41) is 4.98. The minimum atomic E-state index is -0.218. The van der Waals surface area contributed by atoms with Gasteiger partial charge in [-0.15, -0.1) is 0 Å². The smallest absolute Gasteiger partial charge is 0.130 e. The van der Waals surface area contributed by atoms with E-state index in [1.165, 1.54) is 12.1 Å². The fourth-order valence-corrected chi connectivity index (χ4v) is 2.64. The first kappa shape index (κ1) is 15.0. The van der Waals surface area contributed by atoms with Crippen molar-refractivity contribution in [2.24, 2.45) is 18.7 Å². The molecule has 2 N–H and O–H groups in total. The first-order valence-corrected chi connectivity index (χ1v) is 7.01. The van der Waals surface area contributed by atoms with Gasteiger partial charge < -0.3 is 5.73 Å². The zero-order valence-electron chi connectivity index (χ0n) is 11.7. The highest BCUT2D eigenvalue weighted by atomic mass is 35.5. The van der Waals surface area contributed by atoms with Crippen molar-refractivity contribution in [2.75, 3.05) is 6.54 Å². The number of hydrogen-bond acceptors (Lipinski definition) is 2. The Balaban J connectivity index is 2.11. The fourth-order valence-electron chi connectivity index (χ4n) is 2.39. The van der Waals surface area contributed by atoms with E-state index in [1.807, 2.05) is 14.0 Å². The van der Waals surface area contributed by atoms with Crippen LogP contribution in [-0.4, -0.2) is 16.3 Å². The highest BCUT2D eigenvalue weighted by Crippen LogP contribution is 2.23. The van der Waals surface area contributed by atoms with Crippen molar-refractivity contribution in [3.05, 3.63) is 52.1 Å². The molecular weight excluding hydrogens is 277 g/mol. The quantitative estimate of drug-likeness (QED) is 0.922. The predicted octanol–water partition coefficient (Wildman–Crippen LogP) is 2.88. The van der Waals surface area contributed by atoms with E-state index >= 15 is 0 Å². The van der Waals surface area contributed by atoms with E-state index < -0.39 is 0 Å². The van der Waals surface area contributed by atoms with Crippen LogP contribution < -0.4 is 5.73 Å². The van der Waals surface area contributed by atoms with Gasteiger partial charge in [0.15, 0.2) is 0 Å². The van der Waals surface area contributed by atoms with Crippen LogP contribution in [0.25, 0.3) is 0 Å². The number of nitrogens with zero attached hydrogens (tertiary/aromatic N) is 2. The Morgan fingerprint density at radius 2 is 1.95 bits per heavy atom. The van der Waals surface area contributed by atoms with Crippen LogP contribution in [0.1, 0.15) is 16.8 Å². The lowest BCUT2D eigenvalue weighted by Crippen LogP contribution is -2.19. The molecule has 5 heteroatoms. The predicted molar refractivity (Wildman–Crippen MR) is 79.3 cm³/mol. The Kier molecular flexibility index (Phi) is 4.78. The average Bonchev–Trinajstić information content (AvgIpc) is 2.66. The SMILES string of the molecule is Cc1nn(C)c(Cl)c1CC(CN)Cc1ccc(F)cc1. The molecule has 1 atom stereocenters. The maximum Gasteiger partial charge on any atom is 0.130 e. The van der Waals surface area contributed by atoms with Crippen LogP contribution in [0.4, 0.5) is 4.39 Å². The summed E-state index contributed by atoms with van der Waals surface area (Å²) in [5.41, 5.74) is 8.93. The minimum Gasteiger partial charge on any atom is -0.330 e. The van der Waals surface area contributed by atoms with Crippen LogP contribution >= 0.6 is 11.6 Å². The molecule has 3 nitrogen and oxygen atoms in total. The molecule has 2 rings (SSSR count). The van der Waals surface area contributed by atoms with Gasteiger partial charge in [-0.2, -0.15) is 5.10 Å². The van der Waals surface area contributed by atoms with Gasteiger partial charge >= 0.3 is 0 Å². The first-order valence-electron chi connectivity index (χ1n) is 6.63. The Morgan fingerprint density at radius 1 is 1.30 bits per heavy atom. The molecule has 20 heavy (non-hydrogen) atoms. The molecule has 0 saturated heterocycles. The number of aryl methyl sites for hydroxylation is 2. The van der Waals surface area contributed by atoms with Crippen molar-refractivity contribution in [3.8, 4) is 0 Å². The lowest BCUT2D eigenvalue weighted by molar-refractivity contribution is 0.531. The van der Waals surface area contributed by atoms with E-state index in [0.717, 1.165) is 29.7 Å². The Labute approximate surface area is 123 Å². The van der Waals surface area contributed by atoms with Crippen molar-refractivity contribution >= 4 is 11.6 Å². The number of halogens is 2. The van der Waals surface area contributed by atoms with E-state index in [2.05, 4.69) is 5.10 Å². The molecule has 0 spiro atoms. The van der Waals surface area contributed by atoms with Gasteiger partial charge in [-0.3, -0.25) is 4.68 Å². The van der Waals surface area contributed by atoms with Crippen molar-refractivity contribution < 1.29 is 4.39 Å². The topological polar surface area (TPSA) is 43.8 Å². The van der Waals surface area contributed by atoms with E-state index in [9.17, 15) is 4.39 Å². The van der Waals surface area contributed by atoms with Gasteiger partial charge in [0.2, 0.25) is 0 Å². The number of benzene rings is 1. The molecule has 1 aromatic carbocycles. The van der Waals surface area contributed by atoms with Crippen LogP contribution in [0.5, 0.6) is 0 Å². The summed E-state index contributed by atoms with van der Waals surface area (Å²) in [5.74, 6) is 0.0463. The molecule has 0 amide bonds. The summed E-state index contributed by atoms with van der Waals surface area (Å²) >= 11 is 6.25. The first-order chi connectivity index (χ1) is 9.51. The molecule has 1 unspecified atom stereocenters. The third-order valence-corrected chi connectivity index (χ3v) is 4.01. The molecule has 0 saturated carbocycles. The molecule has 1 aromatic heterocycles. The maximum absolute atomic E-state index is 12.9. The van der Waals surface area contributed by atoms with E-state index in [0.29, 0.717) is 11.7 Å². The van der Waals surface area contributed by atoms with Gasteiger partial charge in [-0.1, -0.05) is 23.7 Å². The van der Waals surface area contributed by atoms with Gasteiger partial charge in [-0.25, -0.2) is 4.39 Å². The summed E-state index contributed by atoms with van der Waals surface area (Å²) in [7, 11) is 1.83. The third kappa shape index (κ3) is 3.38. The summed E-state index contributed by atoms with van der Waals surface area (Å²) in [6, 6.07) is 6.56. The molecule has 2 aromatic rings. The van der Waals surface area contributed by atoms with Crippen LogP contribution in [-0.2, 0) is 19.9 Å². The molecule has 0 radical (unpaired) electrons. The molecule has 0 bridgehead atoms. The van der Waals surface area contributed by atoms with Crippen molar-refractivity contribution in [2.45, 2.75) is 19.8 Å². The van der Waals surface area contributed by atoms with Crippen LogP contribution in [0.15, 0.2) is 24.3 Å². The van der Waals surface area contributed by atoms with Crippen LogP contribution in [0.3, 0.4) is 0 Å². The highest BCUT2D eigenvalue weighted by Gasteiger charge is 2.16. The van der Waals surface area contributed by atoms with Crippen molar-refractivity contribution in [1.29, 1.82) is 0 Å². The zero-order valence-corrected chi connectivity index (χ0v) is 12.5. The van der Waals surface area contributed by atoms with Gasteiger partial charge in [-0.05, 0) is 49.9 Å². The Bertz CT molecular complexity index is 578. The van der Waals surface area contributed by atoms with Crippen LogP contribution in [0, 0.1) is 18.7 Å². The molecular formula is C15H19ClFN3. The largest absolute Gasteiger partial charge is 0.330 e. The van der Waals surface area contributed by atoms with Gasteiger partial charge in [0.1, 0.15) is 11.0 Å². The van der Waals surface area contributed by atoms with Gasteiger partial charge in [0.25, 0.3) is 0 Å². The van der Waals surface area contributed by atoms with Crippen molar-refractivity contribution in [3.63, 3.8) is 0 Å². The minimum absolute atomic E-state index is 0.218. The lowest BCUT2D eigenvalue weighted by Gasteiger charge is -2.15. The monoisotopic (exact) mass is 295 g/mol. The molecule has 1 heterocycles. The van der Waals surface area contributed by atoms with Gasteiger partial charge in [0.05, 0.1) is 5.69 Å². The van der Waals surface area contributed by atoms with Crippen LogP contribution in [0.2, 0.25) is 5.15 Å². The normalized spacial score (nSPS) is 12.7. The summed E-state index contributed by atoms with van der Waals surface area (Å²) < 4.78 is 14.6. The second-order valence-electron chi connectivity index (χ2n) is 5.11. The molecule has 0 aliphatic rings.